The van der Waals surface area contributed by atoms with Gasteiger partial charge in [-0.25, -0.2) is 0 Å². The fourth-order valence-corrected chi connectivity index (χ4v) is 3.19. The third-order valence-corrected chi connectivity index (χ3v) is 4.59. The smallest absolute Gasteiger partial charge is 0.238 e. The number of rotatable bonds is 6. The molecule has 2 N–H and O–H groups in total. The Kier molecular flexibility index (Phi) is 5.14. The summed E-state index contributed by atoms with van der Waals surface area (Å²) in [6.45, 7) is 8.35. The highest BCUT2D eigenvalue weighted by Crippen LogP contribution is 2.18. The van der Waals surface area contributed by atoms with Gasteiger partial charge in [-0.05, 0) is 27.3 Å². The van der Waals surface area contributed by atoms with Gasteiger partial charge in [-0.2, -0.15) is 10.1 Å². The molecule has 0 spiro atoms. The van der Waals surface area contributed by atoms with Gasteiger partial charge in [-0.3, -0.25) is 19.7 Å². The second-order valence-electron chi connectivity index (χ2n) is 6.68. The first kappa shape index (κ1) is 17.6. The molecule has 0 radical (unpaired) electrons. The highest BCUT2D eigenvalue weighted by atomic mass is 16.5. The van der Waals surface area contributed by atoms with E-state index in [9.17, 15) is 4.79 Å². The van der Waals surface area contributed by atoms with Crippen LogP contribution in [0.3, 0.4) is 0 Å². The van der Waals surface area contributed by atoms with Crippen LogP contribution < -0.4 is 5.32 Å². The Morgan fingerprint density at radius 3 is 2.88 bits per heavy atom. The van der Waals surface area contributed by atoms with Crippen LogP contribution in [0, 0.1) is 20.8 Å². The molecule has 0 aliphatic carbocycles. The van der Waals surface area contributed by atoms with Crippen molar-refractivity contribution in [2.75, 3.05) is 32.0 Å². The van der Waals surface area contributed by atoms with Gasteiger partial charge in [0.25, 0.3) is 0 Å². The summed E-state index contributed by atoms with van der Waals surface area (Å²) in [6, 6.07) is 0.379. The summed E-state index contributed by atoms with van der Waals surface area (Å²) in [4.78, 5) is 20.9. The van der Waals surface area contributed by atoms with Crippen LogP contribution >= 0.6 is 0 Å². The highest BCUT2D eigenvalue weighted by Gasteiger charge is 2.27. The molecule has 0 aromatic carbocycles. The Labute approximate surface area is 146 Å². The number of aromatic nitrogens is 4. The normalized spacial score (nSPS) is 18.2. The van der Waals surface area contributed by atoms with Crippen LogP contribution in [0.25, 0.3) is 0 Å². The van der Waals surface area contributed by atoms with E-state index in [1.54, 1.807) is 6.92 Å². The van der Waals surface area contributed by atoms with E-state index in [-0.39, 0.29) is 5.91 Å². The SMILES string of the molecule is Cc1nc(CN(C)C2CCN(CC(=O)Nc3c(C)n[nH]c3C)C2)no1. The van der Waals surface area contributed by atoms with Crippen LogP contribution in [0.15, 0.2) is 4.52 Å². The number of likely N-dealkylation sites (N-methyl/N-ethyl adjacent to an activating group) is 1. The van der Waals surface area contributed by atoms with E-state index < -0.39 is 0 Å². The first-order valence-electron chi connectivity index (χ1n) is 8.45. The van der Waals surface area contributed by atoms with Gasteiger partial charge in [0.15, 0.2) is 5.82 Å². The molecule has 9 heteroatoms. The van der Waals surface area contributed by atoms with Crippen LogP contribution in [0.1, 0.15) is 29.5 Å². The molecule has 0 bridgehead atoms. The molecule has 1 unspecified atom stereocenters. The fraction of sp³-hybridized carbons (Fsp3) is 0.625. The lowest BCUT2D eigenvalue weighted by Gasteiger charge is -2.23. The molecule has 3 heterocycles. The van der Waals surface area contributed by atoms with Crippen LogP contribution in [0.4, 0.5) is 5.69 Å². The largest absolute Gasteiger partial charge is 0.340 e. The lowest BCUT2D eigenvalue weighted by atomic mass is 10.2. The number of likely N-dealkylation sites (tertiary alicyclic amines) is 1. The van der Waals surface area contributed by atoms with Crippen molar-refractivity contribution in [3.8, 4) is 0 Å². The minimum Gasteiger partial charge on any atom is -0.340 e. The van der Waals surface area contributed by atoms with Crippen molar-refractivity contribution >= 4 is 11.6 Å². The monoisotopic (exact) mass is 347 g/mol. The van der Waals surface area contributed by atoms with Gasteiger partial charge < -0.3 is 9.84 Å². The van der Waals surface area contributed by atoms with Crippen molar-refractivity contribution in [3.05, 3.63) is 23.1 Å². The van der Waals surface area contributed by atoms with Crippen molar-refractivity contribution in [3.63, 3.8) is 0 Å². The van der Waals surface area contributed by atoms with E-state index in [0.29, 0.717) is 30.8 Å². The zero-order chi connectivity index (χ0) is 18.0. The van der Waals surface area contributed by atoms with Crippen molar-refractivity contribution in [2.45, 2.75) is 39.8 Å². The molecule has 3 rings (SSSR count). The van der Waals surface area contributed by atoms with Crippen molar-refractivity contribution in [1.29, 1.82) is 0 Å². The van der Waals surface area contributed by atoms with E-state index in [1.807, 2.05) is 13.8 Å². The quantitative estimate of drug-likeness (QED) is 0.799. The molecule has 1 saturated heterocycles. The zero-order valence-electron chi connectivity index (χ0n) is 15.2. The second-order valence-corrected chi connectivity index (χ2v) is 6.68. The molecule has 2 aromatic heterocycles. The minimum absolute atomic E-state index is 0.00954. The van der Waals surface area contributed by atoms with Crippen LogP contribution in [-0.4, -0.2) is 68.8 Å². The molecule has 136 valence electrons. The number of hydrogen-bond donors (Lipinski definition) is 2. The maximum atomic E-state index is 12.3. The topological polar surface area (TPSA) is 103 Å². The summed E-state index contributed by atoms with van der Waals surface area (Å²) >= 11 is 0. The van der Waals surface area contributed by atoms with E-state index in [0.717, 1.165) is 36.6 Å². The molecule has 1 atom stereocenters. The molecule has 1 fully saturated rings. The number of aromatic amines is 1. The van der Waals surface area contributed by atoms with Gasteiger partial charge >= 0.3 is 0 Å². The van der Waals surface area contributed by atoms with Gasteiger partial charge in [-0.15, -0.1) is 0 Å². The number of H-pyrrole nitrogens is 1. The molecule has 1 aliphatic heterocycles. The van der Waals surface area contributed by atoms with Gasteiger partial charge in [0.1, 0.15) is 0 Å². The fourth-order valence-electron chi connectivity index (χ4n) is 3.19. The number of amides is 1. The third-order valence-electron chi connectivity index (χ3n) is 4.59. The number of carbonyl (C=O) groups is 1. The zero-order valence-corrected chi connectivity index (χ0v) is 15.2. The van der Waals surface area contributed by atoms with Crippen LogP contribution in [-0.2, 0) is 11.3 Å². The Hall–Kier alpha value is -2.26. The van der Waals surface area contributed by atoms with Crippen molar-refractivity contribution in [1.82, 2.24) is 30.1 Å². The average molecular weight is 347 g/mol. The summed E-state index contributed by atoms with van der Waals surface area (Å²) in [5, 5.41) is 13.9. The predicted octanol–water partition coefficient (Wildman–Crippen LogP) is 0.863. The summed E-state index contributed by atoms with van der Waals surface area (Å²) in [7, 11) is 2.05. The third kappa shape index (κ3) is 4.23. The second kappa shape index (κ2) is 7.32. The van der Waals surface area contributed by atoms with E-state index in [1.165, 1.54) is 0 Å². The maximum Gasteiger partial charge on any atom is 0.238 e. The summed E-state index contributed by atoms with van der Waals surface area (Å²) in [5.41, 5.74) is 2.46. The minimum atomic E-state index is -0.00954. The Morgan fingerprint density at radius 2 is 2.24 bits per heavy atom. The summed E-state index contributed by atoms with van der Waals surface area (Å²) < 4.78 is 5.01. The van der Waals surface area contributed by atoms with Gasteiger partial charge in [0, 0.05) is 26.1 Å². The van der Waals surface area contributed by atoms with Crippen molar-refractivity contribution < 1.29 is 9.32 Å². The Morgan fingerprint density at radius 1 is 1.44 bits per heavy atom. The van der Waals surface area contributed by atoms with E-state index >= 15 is 0 Å². The lowest BCUT2D eigenvalue weighted by molar-refractivity contribution is -0.117. The number of carbonyl (C=O) groups excluding carboxylic acids is 1. The summed E-state index contributed by atoms with van der Waals surface area (Å²) in [6.07, 6.45) is 1.02. The van der Waals surface area contributed by atoms with E-state index in [2.05, 4.69) is 42.5 Å². The molecule has 9 nitrogen and oxygen atoms in total. The number of anilines is 1. The van der Waals surface area contributed by atoms with Crippen LogP contribution in [0.2, 0.25) is 0 Å². The van der Waals surface area contributed by atoms with Gasteiger partial charge in [0.05, 0.1) is 30.2 Å². The standard InChI is InChI=1S/C16H25N7O2/c1-10-16(11(2)20-19-10)18-15(24)9-23-6-5-13(7-23)22(4)8-14-17-12(3)25-21-14/h13H,5-9H2,1-4H3,(H,18,24)(H,19,20). The number of nitrogens with one attached hydrogen (secondary N) is 2. The molecule has 2 aromatic rings. The lowest BCUT2D eigenvalue weighted by Crippen LogP contribution is -2.37. The average Bonchev–Trinajstić information content (AvgIpc) is 3.25. The highest BCUT2D eigenvalue weighted by molar-refractivity contribution is 5.93. The molecule has 1 amide bonds. The number of aryl methyl sites for hydroxylation is 3. The molecule has 1 aliphatic rings. The van der Waals surface area contributed by atoms with E-state index in [4.69, 9.17) is 4.52 Å². The number of nitrogens with zero attached hydrogens (tertiary/aromatic N) is 5. The van der Waals surface area contributed by atoms with Crippen LogP contribution in [0.5, 0.6) is 0 Å². The molecule has 25 heavy (non-hydrogen) atoms. The first-order chi connectivity index (χ1) is 11.9. The van der Waals surface area contributed by atoms with Gasteiger partial charge in [0.2, 0.25) is 11.8 Å². The van der Waals surface area contributed by atoms with Crippen molar-refractivity contribution in [2.24, 2.45) is 0 Å². The Balaban J connectivity index is 1.48. The molecular formula is C16H25N7O2. The summed E-state index contributed by atoms with van der Waals surface area (Å²) in [5.74, 6) is 1.27. The Bertz CT molecular complexity index is 719. The maximum absolute atomic E-state index is 12.3. The van der Waals surface area contributed by atoms with Gasteiger partial charge in [-0.1, -0.05) is 5.16 Å². The number of hydrogen-bond acceptors (Lipinski definition) is 7. The predicted molar refractivity (Wildman–Crippen MR) is 92.0 cm³/mol. The molecular weight excluding hydrogens is 322 g/mol. The molecule has 0 saturated carbocycles. The first-order valence-corrected chi connectivity index (χ1v) is 8.45.